The second-order valence-electron chi connectivity index (χ2n) is 11.5. The number of hydrogen-bond acceptors (Lipinski definition) is 9. The summed E-state index contributed by atoms with van der Waals surface area (Å²) in [4.78, 5) is 30.7. The monoisotopic (exact) mass is 609 g/mol. The topological polar surface area (TPSA) is 136 Å². The van der Waals surface area contributed by atoms with Gasteiger partial charge in [0.15, 0.2) is 0 Å². The van der Waals surface area contributed by atoms with Gasteiger partial charge in [0.05, 0.1) is 24.6 Å². The second-order valence-corrected chi connectivity index (χ2v) is 11.5. The number of rotatable bonds is 10. The number of piperazine rings is 1. The zero-order valence-corrected chi connectivity index (χ0v) is 26.0. The molecule has 0 aliphatic carbocycles. The number of phenols is 1. The quantitative estimate of drug-likeness (QED) is 0.187. The normalized spacial score (nSPS) is 14.8. The number of para-hydroxylation sites is 2. The van der Waals surface area contributed by atoms with Gasteiger partial charge in [0.25, 0.3) is 11.8 Å². The number of carbonyl (C=O) groups is 1. The zero-order chi connectivity index (χ0) is 31.5. The molecule has 6 rings (SSSR count). The molecular formula is C33H39N9O3. The molecule has 1 aliphatic heterocycles. The van der Waals surface area contributed by atoms with E-state index in [1.807, 2.05) is 32.6 Å². The first-order valence-corrected chi connectivity index (χ1v) is 15.1. The molecule has 1 atom stereocenters. The van der Waals surface area contributed by atoms with Crippen LogP contribution in [-0.2, 0) is 13.5 Å². The Morgan fingerprint density at radius 2 is 1.91 bits per heavy atom. The number of amides is 1. The molecule has 0 unspecified atom stereocenters. The lowest BCUT2D eigenvalue weighted by Crippen LogP contribution is -2.53. The van der Waals surface area contributed by atoms with E-state index in [1.165, 1.54) is 6.07 Å². The fourth-order valence-corrected chi connectivity index (χ4v) is 5.93. The fourth-order valence-electron chi connectivity index (χ4n) is 5.93. The lowest BCUT2D eigenvalue weighted by Gasteiger charge is -2.38. The second kappa shape index (κ2) is 13.0. The third-order valence-corrected chi connectivity index (χ3v) is 8.42. The highest BCUT2D eigenvalue weighted by Crippen LogP contribution is 2.33. The molecule has 3 aromatic heterocycles. The van der Waals surface area contributed by atoms with Gasteiger partial charge in [0.1, 0.15) is 11.4 Å². The summed E-state index contributed by atoms with van der Waals surface area (Å²) in [6.45, 7) is 6.22. The van der Waals surface area contributed by atoms with Crippen LogP contribution in [0.1, 0.15) is 21.5 Å². The van der Waals surface area contributed by atoms with Gasteiger partial charge in [0, 0.05) is 74.7 Å². The molecule has 5 aromatic rings. The van der Waals surface area contributed by atoms with Crippen molar-refractivity contribution in [2.45, 2.75) is 19.4 Å². The number of ether oxygens (including phenoxy) is 1. The molecule has 234 valence electrons. The van der Waals surface area contributed by atoms with Gasteiger partial charge >= 0.3 is 0 Å². The van der Waals surface area contributed by atoms with Gasteiger partial charge in [-0.3, -0.25) is 14.4 Å². The number of hydrogen-bond donors (Lipinski definition) is 4. The van der Waals surface area contributed by atoms with E-state index in [0.717, 1.165) is 65.9 Å². The SMILES string of the molecule is COc1nn(C)cc1Nc1ncc(C)c(-c2c[nH]c3c(C[C@@H](CNC(=O)c4ccccc4O)N4CCN(C)CC4)cccc23)n1. The molecule has 1 saturated heterocycles. The molecule has 2 aromatic carbocycles. The number of nitrogens with zero attached hydrogens (tertiary/aromatic N) is 6. The summed E-state index contributed by atoms with van der Waals surface area (Å²) in [5.41, 5.74) is 5.92. The molecular weight excluding hydrogens is 570 g/mol. The summed E-state index contributed by atoms with van der Waals surface area (Å²) in [5, 5.41) is 21.9. The lowest BCUT2D eigenvalue weighted by molar-refractivity contribution is 0.0884. The Morgan fingerprint density at radius 1 is 1.11 bits per heavy atom. The number of aromatic amines is 1. The largest absolute Gasteiger partial charge is 0.507 e. The smallest absolute Gasteiger partial charge is 0.256 e. The molecule has 4 N–H and O–H groups in total. The number of methoxy groups -OCH3 is 1. The molecule has 12 heteroatoms. The van der Waals surface area contributed by atoms with Gasteiger partial charge in [-0.1, -0.05) is 30.3 Å². The standard InChI is InChI=1S/C33H39N9O3/c1-21-17-36-33(37-27-20-41(3)39-32(27)45-4)38-29(21)26-19-34-30-22(8-7-10-24(26)30)16-23(42-14-12-40(2)13-15-42)18-35-31(44)25-9-5-6-11-28(25)43/h5-11,17,19-20,23,34,43H,12-16,18H2,1-4H3,(H,35,44)(H,36,37,38)/t23-/m0/s1. The van der Waals surface area contributed by atoms with Crippen molar-refractivity contribution in [1.29, 1.82) is 0 Å². The molecule has 1 fully saturated rings. The predicted octanol–water partition coefficient (Wildman–Crippen LogP) is 3.71. The van der Waals surface area contributed by atoms with Crippen LogP contribution in [0, 0.1) is 6.92 Å². The van der Waals surface area contributed by atoms with Crippen molar-refractivity contribution in [1.82, 2.24) is 39.8 Å². The van der Waals surface area contributed by atoms with Crippen LogP contribution in [0.25, 0.3) is 22.2 Å². The molecule has 1 aliphatic rings. The van der Waals surface area contributed by atoms with Crippen LogP contribution >= 0.6 is 0 Å². The number of aryl methyl sites for hydroxylation is 2. The Bertz CT molecular complexity index is 1810. The predicted molar refractivity (Wildman–Crippen MR) is 174 cm³/mol. The van der Waals surface area contributed by atoms with Crippen molar-refractivity contribution < 1.29 is 14.6 Å². The first kappa shape index (κ1) is 30.1. The maximum atomic E-state index is 13.0. The van der Waals surface area contributed by atoms with Crippen LogP contribution in [0.4, 0.5) is 11.6 Å². The molecule has 1 amide bonds. The molecule has 0 saturated carbocycles. The highest BCUT2D eigenvalue weighted by Gasteiger charge is 2.25. The van der Waals surface area contributed by atoms with Gasteiger partial charge < -0.3 is 30.4 Å². The van der Waals surface area contributed by atoms with E-state index < -0.39 is 0 Å². The number of fused-ring (bicyclic) bond motifs is 1. The third kappa shape index (κ3) is 6.47. The Hall–Kier alpha value is -4.94. The Kier molecular flexibility index (Phi) is 8.67. The molecule has 4 heterocycles. The van der Waals surface area contributed by atoms with Crippen LogP contribution in [0.5, 0.6) is 11.6 Å². The first-order chi connectivity index (χ1) is 21.8. The Balaban J connectivity index is 1.27. The van der Waals surface area contributed by atoms with Crippen LogP contribution < -0.4 is 15.4 Å². The number of aromatic nitrogens is 5. The number of nitrogens with one attached hydrogen (secondary N) is 3. The van der Waals surface area contributed by atoms with Gasteiger partial charge in [-0.15, -0.1) is 5.10 Å². The highest BCUT2D eigenvalue weighted by atomic mass is 16.5. The summed E-state index contributed by atoms with van der Waals surface area (Å²) in [7, 11) is 5.54. The van der Waals surface area contributed by atoms with Gasteiger partial charge in [-0.05, 0) is 43.7 Å². The Morgan fingerprint density at radius 3 is 2.69 bits per heavy atom. The number of likely N-dealkylation sites (N-methyl/N-ethyl adjacent to an activating group) is 1. The third-order valence-electron chi connectivity index (χ3n) is 8.42. The molecule has 0 spiro atoms. The van der Waals surface area contributed by atoms with Gasteiger partial charge in [0.2, 0.25) is 5.95 Å². The van der Waals surface area contributed by atoms with Gasteiger partial charge in [-0.2, -0.15) is 0 Å². The maximum absolute atomic E-state index is 13.0. The molecule has 45 heavy (non-hydrogen) atoms. The lowest BCUT2D eigenvalue weighted by atomic mass is 9.99. The van der Waals surface area contributed by atoms with Crippen LogP contribution in [0.3, 0.4) is 0 Å². The van der Waals surface area contributed by atoms with Crippen LogP contribution in [0.2, 0.25) is 0 Å². The van der Waals surface area contributed by atoms with Crippen LogP contribution in [-0.4, -0.2) is 98.5 Å². The minimum Gasteiger partial charge on any atom is -0.507 e. The summed E-state index contributed by atoms with van der Waals surface area (Å²) in [6.07, 6.45) is 6.37. The number of anilines is 2. The number of aromatic hydroxyl groups is 1. The van der Waals surface area contributed by atoms with Crippen molar-refractivity contribution in [3.8, 4) is 22.9 Å². The van der Waals surface area contributed by atoms with E-state index >= 15 is 0 Å². The van der Waals surface area contributed by atoms with Crippen molar-refractivity contribution in [2.75, 3.05) is 52.2 Å². The van der Waals surface area contributed by atoms with Crippen molar-refractivity contribution in [3.63, 3.8) is 0 Å². The van der Waals surface area contributed by atoms with Crippen molar-refractivity contribution in [2.24, 2.45) is 7.05 Å². The molecule has 12 nitrogen and oxygen atoms in total. The average molecular weight is 610 g/mol. The summed E-state index contributed by atoms with van der Waals surface area (Å²) in [6, 6.07) is 13.0. The maximum Gasteiger partial charge on any atom is 0.256 e. The van der Waals surface area contributed by atoms with Crippen molar-refractivity contribution in [3.05, 3.63) is 77.7 Å². The number of carbonyl (C=O) groups excluding carboxylic acids is 1. The van der Waals surface area contributed by atoms with E-state index in [2.05, 4.69) is 60.7 Å². The van der Waals surface area contributed by atoms with E-state index in [-0.39, 0.29) is 23.3 Å². The summed E-state index contributed by atoms with van der Waals surface area (Å²) >= 11 is 0. The molecule has 0 bridgehead atoms. The summed E-state index contributed by atoms with van der Waals surface area (Å²) in [5.74, 6) is 0.613. The number of benzene rings is 2. The highest BCUT2D eigenvalue weighted by molar-refractivity contribution is 5.97. The number of phenolic OH excluding ortho intramolecular Hbond substituents is 1. The van der Waals surface area contributed by atoms with E-state index in [1.54, 1.807) is 30.0 Å². The average Bonchev–Trinajstić information content (AvgIpc) is 3.63. The fraction of sp³-hybridized carbons (Fsp3) is 0.333. The van der Waals surface area contributed by atoms with Gasteiger partial charge in [-0.25, -0.2) is 9.97 Å². The summed E-state index contributed by atoms with van der Waals surface area (Å²) < 4.78 is 7.05. The Labute approximate surface area is 262 Å². The minimum absolute atomic E-state index is 0.0206. The van der Waals surface area contributed by atoms with E-state index in [4.69, 9.17) is 9.72 Å². The molecule has 0 radical (unpaired) electrons. The zero-order valence-electron chi connectivity index (χ0n) is 26.0. The van der Waals surface area contributed by atoms with Crippen LogP contribution in [0.15, 0.2) is 61.1 Å². The first-order valence-electron chi connectivity index (χ1n) is 15.1. The minimum atomic E-state index is -0.278. The number of H-pyrrole nitrogens is 1. The van der Waals surface area contributed by atoms with E-state index in [9.17, 15) is 9.90 Å². The van der Waals surface area contributed by atoms with Crippen molar-refractivity contribution >= 4 is 28.4 Å². The van der Waals surface area contributed by atoms with E-state index in [0.29, 0.717) is 24.1 Å².